The van der Waals surface area contributed by atoms with Crippen molar-refractivity contribution in [3.63, 3.8) is 0 Å². The number of nitrogens with zero attached hydrogens (tertiary/aromatic N) is 3. The van der Waals surface area contributed by atoms with E-state index in [1.165, 1.54) is 10.5 Å². The standard InChI is InChI=1S/C22H24Cl3N3O.C2H6/c1-17(14-23)28(19-7-8-20(24)21(25)13-19)22(29)16-27-11-9-26(10-12-27)15-18-5-3-2-4-6-18;1-2/h2-8,13H,1,9-12,14-16H2;1-2H3. The van der Waals surface area contributed by atoms with E-state index in [9.17, 15) is 4.79 Å². The van der Waals surface area contributed by atoms with Crippen LogP contribution in [0.4, 0.5) is 5.69 Å². The van der Waals surface area contributed by atoms with Gasteiger partial charge in [-0.3, -0.25) is 19.5 Å². The van der Waals surface area contributed by atoms with Crippen LogP contribution in [0.2, 0.25) is 10.0 Å². The molecule has 0 aliphatic carbocycles. The van der Waals surface area contributed by atoms with Crippen molar-refractivity contribution in [1.29, 1.82) is 0 Å². The summed E-state index contributed by atoms with van der Waals surface area (Å²) in [5.74, 6) is 0.0714. The van der Waals surface area contributed by atoms with Crippen LogP contribution in [0.3, 0.4) is 0 Å². The van der Waals surface area contributed by atoms with Crippen LogP contribution in [0, 0.1) is 0 Å². The van der Waals surface area contributed by atoms with E-state index >= 15 is 0 Å². The highest BCUT2D eigenvalue weighted by Crippen LogP contribution is 2.29. The first-order valence-electron chi connectivity index (χ1n) is 10.5. The number of amides is 1. The van der Waals surface area contributed by atoms with E-state index < -0.39 is 0 Å². The maximum absolute atomic E-state index is 13.1. The van der Waals surface area contributed by atoms with Crippen molar-refractivity contribution in [2.24, 2.45) is 0 Å². The van der Waals surface area contributed by atoms with Gasteiger partial charge in [0.15, 0.2) is 0 Å². The zero-order valence-electron chi connectivity index (χ0n) is 18.2. The maximum atomic E-state index is 13.1. The fourth-order valence-electron chi connectivity index (χ4n) is 3.40. The Morgan fingerprint density at radius 1 is 0.968 bits per heavy atom. The molecule has 0 radical (unpaired) electrons. The highest BCUT2D eigenvalue weighted by Gasteiger charge is 2.24. The van der Waals surface area contributed by atoms with Gasteiger partial charge >= 0.3 is 0 Å². The number of allylic oxidation sites excluding steroid dienone is 1. The topological polar surface area (TPSA) is 26.8 Å². The molecule has 2 aromatic carbocycles. The predicted octanol–water partition coefficient (Wildman–Crippen LogP) is 5.92. The number of hydrogen-bond donors (Lipinski definition) is 0. The van der Waals surface area contributed by atoms with Crippen molar-refractivity contribution in [3.8, 4) is 0 Å². The molecule has 0 saturated carbocycles. The van der Waals surface area contributed by atoms with Gasteiger partial charge in [-0.2, -0.15) is 0 Å². The first kappa shape index (κ1) is 25.7. The summed E-state index contributed by atoms with van der Waals surface area (Å²) in [6.07, 6.45) is 0. The lowest BCUT2D eigenvalue weighted by molar-refractivity contribution is -0.119. The molecule has 0 unspecified atom stereocenters. The van der Waals surface area contributed by atoms with E-state index in [0.29, 0.717) is 28.0 Å². The lowest BCUT2D eigenvalue weighted by Gasteiger charge is -2.35. The highest BCUT2D eigenvalue weighted by atomic mass is 35.5. The van der Waals surface area contributed by atoms with E-state index in [0.717, 1.165) is 32.7 Å². The zero-order chi connectivity index (χ0) is 22.8. The Labute approximate surface area is 201 Å². The van der Waals surface area contributed by atoms with Gasteiger partial charge in [0.25, 0.3) is 0 Å². The first-order valence-corrected chi connectivity index (χ1v) is 11.8. The molecule has 0 N–H and O–H groups in total. The minimum absolute atomic E-state index is 0.0782. The number of carbonyl (C=O) groups is 1. The first-order chi connectivity index (χ1) is 15.0. The summed E-state index contributed by atoms with van der Waals surface area (Å²) in [6.45, 7) is 12.7. The molecule has 4 nitrogen and oxygen atoms in total. The van der Waals surface area contributed by atoms with E-state index in [2.05, 4.69) is 40.6 Å². The van der Waals surface area contributed by atoms with Gasteiger partial charge in [-0.25, -0.2) is 0 Å². The third kappa shape index (κ3) is 7.51. The molecule has 2 aromatic rings. The maximum Gasteiger partial charge on any atom is 0.245 e. The number of anilines is 1. The van der Waals surface area contributed by atoms with Crippen molar-refractivity contribution in [2.75, 3.05) is 43.5 Å². The normalized spacial score (nSPS) is 14.5. The third-order valence-corrected chi connectivity index (χ3v) is 6.00. The van der Waals surface area contributed by atoms with Crippen molar-refractivity contribution >= 4 is 46.4 Å². The summed E-state index contributed by atoms with van der Waals surface area (Å²) in [4.78, 5) is 19.2. The Morgan fingerprint density at radius 3 is 2.16 bits per heavy atom. The number of alkyl halides is 1. The van der Waals surface area contributed by atoms with Crippen molar-refractivity contribution in [3.05, 3.63) is 76.4 Å². The van der Waals surface area contributed by atoms with Gasteiger partial charge in [0, 0.05) is 38.4 Å². The van der Waals surface area contributed by atoms with Gasteiger partial charge in [0.1, 0.15) is 0 Å². The summed E-state index contributed by atoms with van der Waals surface area (Å²) in [6, 6.07) is 15.5. The van der Waals surface area contributed by atoms with Crippen LogP contribution in [0.15, 0.2) is 60.8 Å². The second-order valence-electron chi connectivity index (χ2n) is 7.07. The molecule has 3 rings (SSSR count). The average Bonchev–Trinajstić information content (AvgIpc) is 2.79. The molecule has 0 aromatic heterocycles. The summed E-state index contributed by atoms with van der Waals surface area (Å²) in [5, 5.41) is 0.827. The number of halogens is 3. The Morgan fingerprint density at radius 2 is 1.58 bits per heavy atom. The number of carbonyl (C=O) groups excluding carboxylic acids is 1. The Kier molecular flexibility index (Phi) is 10.9. The van der Waals surface area contributed by atoms with Crippen molar-refractivity contribution < 1.29 is 4.79 Å². The molecular weight excluding hydrogens is 453 g/mol. The van der Waals surface area contributed by atoms with E-state index in [1.807, 2.05) is 19.9 Å². The van der Waals surface area contributed by atoms with Crippen molar-refractivity contribution in [2.45, 2.75) is 20.4 Å². The molecule has 31 heavy (non-hydrogen) atoms. The average molecular weight is 483 g/mol. The number of benzene rings is 2. The molecule has 1 fully saturated rings. The minimum Gasteiger partial charge on any atom is -0.297 e. The van der Waals surface area contributed by atoms with Gasteiger partial charge in [0.2, 0.25) is 5.91 Å². The van der Waals surface area contributed by atoms with E-state index in [1.54, 1.807) is 18.2 Å². The third-order valence-electron chi connectivity index (χ3n) is 4.95. The summed E-state index contributed by atoms with van der Waals surface area (Å²) in [5.41, 5.74) is 2.44. The highest BCUT2D eigenvalue weighted by molar-refractivity contribution is 6.42. The Hall–Kier alpha value is -1.56. The fourth-order valence-corrected chi connectivity index (χ4v) is 3.81. The van der Waals surface area contributed by atoms with Gasteiger partial charge in [-0.15, -0.1) is 11.6 Å². The van der Waals surface area contributed by atoms with E-state index in [4.69, 9.17) is 34.8 Å². The molecule has 7 heteroatoms. The molecule has 1 heterocycles. The molecule has 168 valence electrons. The predicted molar refractivity (Wildman–Crippen MR) is 133 cm³/mol. The second-order valence-corrected chi connectivity index (χ2v) is 8.15. The largest absolute Gasteiger partial charge is 0.297 e. The number of rotatable bonds is 7. The summed E-state index contributed by atoms with van der Waals surface area (Å²) >= 11 is 18.1. The van der Waals surface area contributed by atoms with Gasteiger partial charge in [0.05, 0.1) is 28.2 Å². The number of piperazine rings is 1. The summed E-state index contributed by atoms with van der Waals surface area (Å²) in [7, 11) is 0. The van der Waals surface area contributed by atoms with Crippen LogP contribution in [0.25, 0.3) is 0 Å². The number of hydrogen-bond acceptors (Lipinski definition) is 3. The lowest BCUT2D eigenvalue weighted by atomic mass is 10.2. The van der Waals surface area contributed by atoms with Crippen LogP contribution in [-0.2, 0) is 11.3 Å². The quantitative estimate of drug-likeness (QED) is 0.458. The molecule has 0 spiro atoms. The van der Waals surface area contributed by atoms with Crippen LogP contribution in [-0.4, -0.2) is 54.3 Å². The molecule has 1 aliphatic heterocycles. The van der Waals surface area contributed by atoms with Gasteiger partial charge in [-0.1, -0.05) is 74.0 Å². The molecule has 1 aliphatic rings. The van der Waals surface area contributed by atoms with Crippen LogP contribution >= 0.6 is 34.8 Å². The molecule has 0 bridgehead atoms. The second kappa shape index (κ2) is 13.1. The lowest BCUT2D eigenvalue weighted by Crippen LogP contribution is -2.49. The van der Waals surface area contributed by atoms with Gasteiger partial charge in [-0.05, 0) is 23.8 Å². The van der Waals surface area contributed by atoms with E-state index in [-0.39, 0.29) is 11.8 Å². The molecule has 1 amide bonds. The van der Waals surface area contributed by atoms with Crippen molar-refractivity contribution in [1.82, 2.24) is 9.80 Å². The fraction of sp³-hybridized carbons (Fsp3) is 0.375. The Bertz CT molecular complexity index is 852. The van der Waals surface area contributed by atoms with Crippen LogP contribution in [0.1, 0.15) is 19.4 Å². The Balaban J connectivity index is 0.00000166. The smallest absolute Gasteiger partial charge is 0.245 e. The molecule has 1 saturated heterocycles. The monoisotopic (exact) mass is 481 g/mol. The minimum atomic E-state index is -0.0782. The summed E-state index contributed by atoms with van der Waals surface area (Å²) < 4.78 is 0. The van der Waals surface area contributed by atoms with Crippen LogP contribution < -0.4 is 4.90 Å². The van der Waals surface area contributed by atoms with Crippen LogP contribution in [0.5, 0.6) is 0 Å². The zero-order valence-corrected chi connectivity index (χ0v) is 20.4. The van der Waals surface area contributed by atoms with Gasteiger partial charge < -0.3 is 0 Å². The SMILES string of the molecule is C=C(CCl)N(C(=O)CN1CCN(Cc2ccccc2)CC1)c1ccc(Cl)c(Cl)c1.CC. The molecular formula is C24H30Cl3N3O. The molecule has 0 atom stereocenters.